The largest absolute Gasteiger partial charge is 0.394 e. The van der Waals surface area contributed by atoms with Crippen LogP contribution in [0.5, 0.6) is 0 Å². The Morgan fingerprint density at radius 2 is 1.68 bits per heavy atom. The summed E-state index contributed by atoms with van der Waals surface area (Å²) >= 11 is 0. The van der Waals surface area contributed by atoms with Crippen LogP contribution in [0.1, 0.15) is 40.5 Å². The zero-order valence-corrected chi connectivity index (χ0v) is 17.9. The molecule has 2 atom stereocenters. The van der Waals surface area contributed by atoms with Crippen LogP contribution in [0, 0.1) is 29.6 Å². The molecular weight excluding hydrogens is 356 g/mol. The van der Waals surface area contributed by atoms with E-state index in [1.807, 2.05) is 0 Å². The Hall–Kier alpha value is -1.12. The fraction of sp³-hybridized carbons (Fsp3) is 0.818. The number of piperidine rings is 1. The van der Waals surface area contributed by atoms with Gasteiger partial charge in [-0.3, -0.25) is 4.90 Å². The lowest BCUT2D eigenvalue weighted by Gasteiger charge is -2.32. The monoisotopic (exact) mass is 394 g/mol. The molecule has 0 aliphatic carbocycles. The van der Waals surface area contributed by atoms with Crippen LogP contribution in [0.2, 0.25) is 0 Å². The van der Waals surface area contributed by atoms with E-state index in [1.165, 1.54) is 0 Å². The van der Waals surface area contributed by atoms with Gasteiger partial charge in [0.2, 0.25) is 0 Å². The molecule has 1 aliphatic heterocycles. The highest BCUT2D eigenvalue weighted by Gasteiger charge is 2.19. The van der Waals surface area contributed by atoms with E-state index in [9.17, 15) is 10.2 Å². The summed E-state index contributed by atoms with van der Waals surface area (Å²) in [5, 5.41) is 28.1. The molecule has 1 fully saturated rings. The summed E-state index contributed by atoms with van der Waals surface area (Å²) in [6.07, 6.45) is 0.646. The zero-order valence-electron chi connectivity index (χ0n) is 17.9. The van der Waals surface area contributed by atoms with Gasteiger partial charge in [-0.25, -0.2) is 0 Å². The molecular formula is C22H38N2O4. The van der Waals surface area contributed by atoms with Crippen LogP contribution >= 0.6 is 0 Å². The molecule has 6 heteroatoms. The maximum absolute atomic E-state index is 10.1. The number of ether oxygens (including phenoxy) is 1. The standard InChI is InChI=1S/C22H38N2O4/c1-18(2)23-12-9-20(10-13-23)8-6-5-7-11-24(19(3)4)14-21(26)16-28-17-22(27)15-25/h18-22,25-27H,9-17H2,1-4H3. The van der Waals surface area contributed by atoms with Crippen molar-refractivity contribution < 1.29 is 20.1 Å². The third kappa shape index (κ3) is 10.4. The molecule has 1 aliphatic rings. The molecule has 1 rings (SSSR count). The van der Waals surface area contributed by atoms with Gasteiger partial charge in [0.1, 0.15) is 6.10 Å². The van der Waals surface area contributed by atoms with E-state index in [4.69, 9.17) is 9.84 Å². The fourth-order valence-electron chi connectivity index (χ4n) is 3.06. The second-order valence-corrected chi connectivity index (χ2v) is 8.03. The molecule has 6 nitrogen and oxygen atoms in total. The van der Waals surface area contributed by atoms with Crippen molar-refractivity contribution in [2.75, 3.05) is 46.0 Å². The van der Waals surface area contributed by atoms with Crippen molar-refractivity contribution in [1.29, 1.82) is 0 Å². The average Bonchev–Trinajstić information content (AvgIpc) is 2.66. The van der Waals surface area contributed by atoms with Gasteiger partial charge < -0.3 is 25.0 Å². The minimum Gasteiger partial charge on any atom is -0.394 e. The Labute approximate surface area is 170 Å². The van der Waals surface area contributed by atoms with E-state index in [1.54, 1.807) is 0 Å². The Balaban J connectivity index is 2.36. The van der Waals surface area contributed by atoms with Gasteiger partial charge >= 0.3 is 0 Å². The molecule has 1 saturated heterocycles. The van der Waals surface area contributed by atoms with E-state index < -0.39 is 12.2 Å². The van der Waals surface area contributed by atoms with Gasteiger partial charge in [0.25, 0.3) is 0 Å². The summed E-state index contributed by atoms with van der Waals surface area (Å²) in [6, 6.07) is 0.844. The minimum absolute atomic E-state index is 0.0146. The zero-order chi connectivity index (χ0) is 20.9. The van der Waals surface area contributed by atoms with Gasteiger partial charge in [0.15, 0.2) is 0 Å². The predicted molar refractivity (Wildman–Crippen MR) is 112 cm³/mol. The number of hydrogen-bond acceptors (Lipinski definition) is 6. The van der Waals surface area contributed by atoms with Crippen LogP contribution in [0.3, 0.4) is 0 Å². The van der Waals surface area contributed by atoms with E-state index in [0.29, 0.717) is 25.0 Å². The third-order valence-electron chi connectivity index (χ3n) is 4.98. The molecule has 1 heterocycles. The summed E-state index contributed by atoms with van der Waals surface area (Å²) < 4.78 is 5.21. The average molecular weight is 395 g/mol. The number of hydrogen-bond donors (Lipinski definition) is 3. The van der Waals surface area contributed by atoms with Crippen LogP contribution in [0.15, 0.2) is 0 Å². The van der Waals surface area contributed by atoms with Gasteiger partial charge in [-0.1, -0.05) is 11.8 Å². The number of rotatable bonds is 10. The number of nitrogens with zero attached hydrogens (tertiary/aromatic N) is 2. The van der Waals surface area contributed by atoms with Gasteiger partial charge in [-0.2, -0.15) is 0 Å². The predicted octanol–water partition coefficient (Wildman–Crippen LogP) is 0.555. The Morgan fingerprint density at radius 3 is 2.25 bits per heavy atom. The lowest BCUT2D eigenvalue weighted by Crippen LogP contribution is -2.40. The lowest BCUT2D eigenvalue weighted by atomic mass is 9.97. The first-order valence-corrected chi connectivity index (χ1v) is 10.3. The number of aliphatic hydroxyl groups is 3. The van der Waals surface area contributed by atoms with E-state index >= 15 is 0 Å². The molecule has 160 valence electrons. The first-order valence-electron chi connectivity index (χ1n) is 10.3. The van der Waals surface area contributed by atoms with Crippen molar-refractivity contribution in [1.82, 2.24) is 9.80 Å². The second-order valence-electron chi connectivity index (χ2n) is 8.03. The lowest BCUT2D eigenvalue weighted by molar-refractivity contribution is -0.0323. The summed E-state index contributed by atoms with van der Waals surface area (Å²) in [5.74, 6) is 12.8. The summed E-state index contributed by atoms with van der Waals surface area (Å²) in [5.41, 5.74) is 0. The van der Waals surface area contributed by atoms with Crippen molar-refractivity contribution in [3.05, 3.63) is 0 Å². The highest BCUT2D eigenvalue weighted by molar-refractivity contribution is 5.27. The highest BCUT2D eigenvalue weighted by Crippen LogP contribution is 2.17. The number of likely N-dealkylation sites (tertiary alicyclic amines) is 1. The number of aliphatic hydroxyl groups excluding tert-OH is 3. The van der Waals surface area contributed by atoms with Crippen LogP contribution < -0.4 is 0 Å². The normalized spacial score (nSPS) is 17.9. The summed E-state index contributed by atoms with van der Waals surface area (Å²) in [6.45, 7) is 11.6. The molecule has 0 spiro atoms. The first kappa shape index (κ1) is 24.9. The first-order chi connectivity index (χ1) is 13.3. The van der Waals surface area contributed by atoms with Gasteiger partial charge in [0, 0.05) is 24.5 Å². The maximum atomic E-state index is 10.1. The molecule has 0 amide bonds. The SMILES string of the molecule is CC(C)N1CCC(C#CC#CCN(CC(O)COCC(O)CO)C(C)C)CC1. The van der Waals surface area contributed by atoms with E-state index in [2.05, 4.69) is 61.2 Å². The molecule has 28 heavy (non-hydrogen) atoms. The minimum atomic E-state index is -0.907. The van der Waals surface area contributed by atoms with E-state index in [-0.39, 0.29) is 25.9 Å². The fourth-order valence-corrected chi connectivity index (χ4v) is 3.06. The topological polar surface area (TPSA) is 76.4 Å². The van der Waals surface area contributed by atoms with Crippen molar-refractivity contribution >= 4 is 0 Å². The molecule has 0 saturated carbocycles. The van der Waals surface area contributed by atoms with Crippen molar-refractivity contribution in [3.8, 4) is 23.7 Å². The van der Waals surface area contributed by atoms with Crippen molar-refractivity contribution in [2.45, 2.75) is 64.8 Å². The van der Waals surface area contributed by atoms with Crippen LogP contribution in [-0.2, 0) is 4.74 Å². The molecule has 0 aromatic heterocycles. The van der Waals surface area contributed by atoms with Crippen LogP contribution in [0.25, 0.3) is 0 Å². The molecule has 0 aromatic carbocycles. The summed E-state index contributed by atoms with van der Waals surface area (Å²) in [7, 11) is 0. The van der Waals surface area contributed by atoms with Gasteiger partial charge in [-0.05, 0) is 65.5 Å². The molecule has 0 radical (unpaired) electrons. The van der Waals surface area contributed by atoms with Crippen LogP contribution in [-0.4, -0.2) is 95.4 Å². The highest BCUT2D eigenvalue weighted by atomic mass is 16.5. The van der Waals surface area contributed by atoms with Crippen molar-refractivity contribution in [2.24, 2.45) is 5.92 Å². The smallest absolute Gasteiger partial charge is 0.100 e. The second kappa shape index (κ2) is 14.0. The van der Waals surface area contributed by atoms with Gasteiger partial charge in [0.05, 0.1) is 32.5 Å². The molecule has 0 bridgehead atoms. The molecule has 3 N–H and O–H groups in total. The summed E-state index contributed by atoms with van der Waals surface area (Å²) in [4.78, 5) is 4.55. The Morgan fingerprint density at radius 1 is 1.04 bits per heavy atom. The Kier molecular flexibility index (Phi) is 12.4. The van der Waals surface area contributed by atoms with Crippen molar-refractivity contribution in [3.63, 3.8) is 0 Å². The Bertz CT molecular complexity index is 536. The molecule has 2 unspecified atom stereocenters. The molecule has 0 aromatic rings. The third-order valence-corrected chi connectivity index (χ3v) is 4.98. The van der Waals surface area contributed by atoms with E-state index in [0.717, 1.165) is 25.9 Å². The quantitative estimate of drug-likeness (QED) is 0.470. The maximum Gasteiger partial charge on any atom is 0.100 e. The van der Waals surface area contributed by atoms with Crippen LogP contribution in [0.4, 0.5) is 0 Å². The van der Waals surface area contributed by atoms with Gasteiger partial charge in [-0.15, -0.1) is 0 Å².